The van der Waals surface area contributed by atoms with Crippen LogP contribution in [0.5, 0.6) is 11.5 Å². The maximum atomic E-state index is 6.15. The number of pyridine rings is 1. The second-order valence-electron chi connectivity index (χ2n) is 5.67. The largest absolute Gasteiger partial charge is 0.492 e. The van der Waals surface area contributed by atoms with E-state index in [9.17, 15) is 0 Å². The van der Waals surface area contributed by atoms with Gasteiger partial charge in [0.25, 0.3) is 0 Å². The second kappa shape index (κ2) is 8.02. The van der Waals surface area contributed by atoms with Crippen molar-refractivity contribution in [3.8, 4) is 11.5 Å². The van der Waals surface area contributed by atoms with Crippen molar-refractivity contribution in [2.24, 2.45) is 0 Å². The first-order chi connectivity index (χ1) is 11.7. The molecular formula is C20H20ClNO2. The Kier molecular flexibility index (Phi) is 5.55. The van der Waals surface area contributed by atoms with E-state index in [1.807, 2.05) is 55.5 Å². The van der Waals surface area contributed by atoms with E-state index in [2.05, 4.69) is 4.98 Å². The van der Waals surface area contributed by atoms with E-state index in [0.717, 1.165) is 40.8 Å². The Hall–Kier alpha value is -2.26. The number of hydrogen-bond acceptors (Lipinski definition) is 3. The summed E-state index contributed by atoms with van der Waals surface area (Å²) < 4.78 is 11.6. The quantitative estimate of drug-likeness (QED) is 0.536. The van der Waals surface area contributed by atoms with Crippen molar-refractivity contribution in [3.63, 3.8) is 0 Å². The van der Waals surface area contributed by atoms with Crippen LogP contribution in [0.25, 0.3) is 10.9 Å². The molecule has 0 atom stereocenters. The second-order valence-corrected chi connectivity index (χ2v) is 6.08. The van der Waals surface area contributed by atoms with E-state index in [1.54, 1.807) is 6.20 Å². The third kappa shape index (κ3) is 4.18. The first kappa shape index (κ1) is 16.6. The number of halogens is 1. The molecule has 1 aromatic heterocycles. The minimum atomic E-state index is 0.625. The lowest BCUT2D eigenvalue weighted by atomic mass is 10.2. The number of unbranched alkanes of at least 4 members (excludes halogenated alkanes) is 1. The van der Waals surface area contributed by atoms with Crippen LogP contribution in [0.1, 0.15) is 18.4 Å². The molecule has 0 saturated heterocycles. The van der Waals surface area contributed by atoms with Gasteiger partial charge in [0, 0.05) is 11.6 Å². The van der Waals surface area contributed by atoms with Crippen molar-refractivity contribution < 1.29 is 9.47 Å². The molecule has 3 rings (SSSR count). The number of nitrogens with zero attached hydrogens (tertiary/aromatic N) is 1. The minimum Gasteiger partial charge on any atom is -0.492 e. The number of rotatable bonds is 7. The highest BCUT2D eigenvalue weighted by molar-refractivity contribution is 6.32. The fourth-order valence-corrected chi connectivity index (χ4v) is 2.77. The van der Waals surface area contributed by atoms with Gasteiger partial charge in [-0.05, 0) is 49.6 Å². The number of aryl methyl sites for hydroxylation is 1. The lowest BCUT2D eigenvalue weighted by Gasteiger charge is -2.10. The normalized spacial score (nSPS) is 10.8. The van der Waals surface area contributed by atoms with Gasteiger partial charge in [-0.25, -0.2) is 0 Å². The number of aromatic nitrogens is 1. The first-order valence-electron chi connectivity index (χ1n) is 8.09. The average molecular weight is 342 g/mol. The van der Waals surface area contributed by atoms with Gasteiger partial charge in [-0.3, -0.25) is 4.98 Å². The summed E-state index contributed by atoms with van der Waals surface area (Å²) in [6.45, 7) is 3.27. The van der Waals surface area contributed by atoms with Gasteiger partial charge < -0.3 is 9.47 Å². The Morgan fingerprint density at radius 3 is 2.46 bits per heavy atom. The van der Waals surface area contributed by atoms with Crippen molar-refractivity contribution in [1.29, 1.82) is 0 Å². The van der Waals surface area contributed by atoms with Gasteiger partial charge >= 0.3 is 0 Å². The molecule has 4 heteroatoms. The summed E-state index contributed by atoms with van der Waals surface area (Å²) in [5.74, 6) is 1.57. The Labute approximate surface area is 147 Å². The van der Waals surface area contributed by atoms with Crippen molar-refractivity contribution >= 4 is 22.5 Å². The number of benzene rings is 2. The molecule has 0 unspecified atom stereocenters. The summed E-state index contributed by atoms with van der Waals surface area (Å²) in [7, 11) is 0. The van der Waals surface area contributed by atoms with Crippen LogP contribution < -0.4 is 9.47 Å². The molecule has 3 aromatic rings. The number of ether oxygens (including phenoxy) is 2. The first-order valence-corrected chi connectivity index (χ1v) is 8.47. The van der Waals surface area contributed by atoms with E-state index in [0.29, 0.717) is 18.2 Å². The lowest BCUT2D eigenvalue weighted by molar-refractivity contribution is 0.268. The number of hydrogen-bond donors (Lipinski definition) is 0. The highest BCUT2D eigenvalue weighted by Gasteiger charge is 2.03. The van der Waals surface area contributed by atoms with Gasteiger partial charge in [-0.1, -0.05) is 35.9 Å². The SMILES string of the molecule is Cc1ccc(OCCCCOc2cccc3cccnc23)c(Cl)c1. The molecule has 3 nitrogen and oxygen atoms in total. The minimum absolute atomic E-state index is 0.625. The van der Waals surface area contributed by atoms with E-state index >= 15 is 0 Å². The van der Waals surface area contributed by atoms with Gasteiger partial charge in [0.05, 0.1) is 18.2 Å². The third-order valence-corrected chi connectivity index (χ3v) is 4.03. The zero-order valence-corrected chi connectivity index (χ0v) is 14.4. The van der Waals surface area contributed by atoms with Crippen LogP contribution in [0.15, 0.2) is 54.7 Å². The highest BCUT2D eigenvalue weighted by atomic mass is 35.5. The zero-order chi connectivity index (χ0) is 16.8. The van der Waals surface area contributed by atoms with E-state index in [4.69, 9.17) is 21.1 Å². The zero-order valence-electron chi connectivity index (χ0n) is 13.7. The summed E-state index contributed by atoms with van der Waals surface area (Å²) in [5.41, 5.74) is 2.03. The molecule has 24 heavy (non-hydrogen) atoms. The molecule has 0 amide bonds. The molecule has 2 aromatic carbocycles. The summed E-state index contributed by atoms with van der Waals surface area (Å²) in [6.07, 6.45) is 3.60. The van der Waals surface area contributed by atoms with Crippen LogP contribution in [-0.2, 0) is 0 Å². The van der Waals surface area contributed by atoms with E-state index in [1.165, 1.54) is 0 Å². The van der Waals surface area contributed by atoms with Gasteiger partial charge in [-0.2, -0.15) is 0 Å². The standard InChI is InChI=1S/C20H20ClNO2/c1-15-9-10-18(17(21)14-15)23-12-2-3-13-24-19-8-4-6-16-7-5-11-22-20(16)19/h4-11,14H,2-3,12-13H2,1H3. The monoisotopic (exact) mass is 341 g/mol. The lowest BCUT2D eigenvalue weighted by Crippen LogP contribution is -2.03. The molecule has 0 aliphatic carbocycles. The average Bonchev–Trinajstić information content (AvgIpc) is 2.59. The van der Waals surface area contributed by atoms with Crippen LogP contribution in [0.3, 0.4) is 0 Å². The van der Waals surface area contributed by atoms with Crippen LogP contribution >= 0.6 is 11.6 Å². The Morgan fingerprint density at radius 2 is 1.67 bits per heavy atom. The number of para-hydroxylation sites is 1. The van der Waals surface area contributed by atoms with Crippen LogP contribution in [0.2, 0.25) is 5.02 Å². The number of fused-ring (bicyclic) bond motifs is 1. The predicted octanol–water partition coefficient (Wildman–Crippen LogP) is 5.43. The van der Waals surface area contributed by atoms with E-state index in [-0.39, 0.29) is 0 Å². The van der Waals surface area contributed by atoms with Crippen LogP contribution in [0.4, 0.5) is 0 Å². The van der Waals surface area contributed by atoms with Crippen LogP contribution in [0, 0.1) is 6.92 Å². The third-order valence-electron chi connectivity index (χ3n) is 3.74. The van der Waals surface area contributed by atoms with Gasteiger partial charge in [-0.15, -0.1) is 0 Å². The highest BCUT2D eigenvalue weighted by Crippen LogP contribution is 2.25. The molecule has 0 aliphatic heterocycles. The van der Waals surface area contributed by atoms with Crippen molar-refractivity contribution in [3.05, 3.63) is 65.3 Å². The van der Waals surface area contributed by atoms with Crippen molar-refractivity contribution in [2.45, 2.75) is 19.8 Å². The van der Waals surface area contributed by atoms with Crippen molar-refractivity contribution in [1.82, 2.24) is 4.98 Å². The molecule has 0 fully saturated rings. The smallest absolute Gasteiger partial charge is 0.145 e. The molecule has 1 heterocycles. The summed E-state index contributed by atoms with van der Waals surface area (Å²) in [5, 5.41) is 1.75. The molecular weight excluding hydrogens is 322 g/mol. The fourth-order valence-electron chi connectivity index (χ4n) is 2.48. The Balaban J connectivity index is 1.44. The molecule has 0 bridgehead atoms. The van der Waals surface area contributed by atoms with Gasteiger partial charge in [0.2, 0.25) is 0 Å². The molecule has 0 aliphatic rings. The summed E-state index contributed by atoms with van der Waals surface area (Å²) in [4.78, 5) is 4.39. The van der Waals surface area contributed by atoms with Gasteiger partial charge in [0.1, 0.15) is 17.0 Å². The summed E-state index contributed by atoms with van der Waals surface area (Å²) >= 11 is 6.15. The van der Waals surface area contributed by atoms with Crippen LogP contribution in [-0.4, -0.2) is 18.2 Å². The molecule has 0 saturated carbocycles. The molecule has 0 radical (unpaired) electrons. The predicted molar refractivity (Wildman–Crippen MR) is 98.2 cm³/mol. The summed E-state index contributed by atoms with van der Waals surface area (Å²) in [6, 6.07) is 15.8. The topological polar surface area (TPSA) is 31.4 Å². The van der Waals surface area contributed by atoms with Crippen molar-refractivity contribution in [2.75, 3.05) is 13.2 Å². The maximum Gasteiger partial charge on any atom is 0.145 e. The fraction of sp³-hybridized carbons (Fsp3) is 0.250. The Morgan fingerprint density at radius 1 is 0.917 bits per heavy atom. The maximum absolute atomic E-state index is 6.15. The molecule has 124 valence electrons. The Bertz CT molecular complexity index is 814. The molecule has 0 N–H and O–H groups in total. The molecule has 0 spiro atoms. The van der Waals surface area contributed by atoms with E-state index < -0.39 is 0 Å². The van der Waals surface area contributed by atoms with Gasteiger partial charge in [0.15, 0.2) is 0 Å².